The van der Waals surface area contributed by atoms with Gasteiger partial charge in [0.2, 0.25) is 0 Å². The minimum absolute atomic E-state index is 0.260. The molecule has 5 aromatic carbocycles. The SMILES string of the molecule is COc1cc(I)c(OCCCCCCOc2ccc3ccccc3c2-c2c(O)ccc3ccccc23)cc1I. The Hall–Kier alpha value is -2.72. The maximum Gasteiger partial charge on any atom is 0.133 e. The first-order valence-corrected chi connectivity index (χ1v) is 15.2. The molecule has 0 fully saturated rings. The predicted molar refractivity (Wildman–Crippen MR) is 176 cm³/mol. The number of unbranched alkanes of at least 4 members (excludes halogenated alkanes) is 3. The number of methoxy groups -OCH3 is 1. The molecular formula is C33H30I2O4. The van der Waals surface area contributed by atoms with Crippen molar-refractivity contribution in [2.24, 2.45) is 0 Å². The standard InChI is InChI=1S/C33H30I2O4/c1-37-30-20-27(35)31(21-26(30)34)39-19-9-3-2-8-18-38-29-17-15-23-11-5-7-13-25(23)33(29)32-24-12-6-4-10-22(24)14-16-28(32)36/h4-7,10-17,20-21,36H,2-3,8-9,18-19H2,1H3. The molecule has 0 aliphatic rings. The molecule has 0 heterocycles. The number of benzene rings is 5. The van der Waals surface area contributed by atoms with E-state index in [1.807, 2.05) is 48.5 Å². The van der Waals surface area contributed by atoms with Crippen molar-refractivity contribution < 1.29 is 19.3 Å². The molecule has 39 heavy (non-hydrogen) atoms. The molecule has 0 spiro atoms. The number of rotatable bonds is 11. The van der Waals surface area contributed by atoms with Crippen LogP contribution in [0, 0.1) is 7.14 Å². The van der Waals surface area contributed by atoms with Crippen molar-refractivity contribution in [1.29, 1.82) is 0 Å². The highest BCUT2D eigenvalue weighted by atomic mass is 127. The molecule has 0 aliphatic carbocycles. The number of fused-ring (bicyclic) bond motifs is 2. The van der Waals surface area contributed by atoms with E-state index in [4.69, 9.17) is 14.2 Å². The van der Waals surface area contributed by atoms with Gasteiger partial charge in [0.25, 0.3) is 0 Å². The van der Waals surface area contributed by atoms with Gasteiger partial charge in [-0.2, -0.15) is 0 Å². The van der Waals surface area contributed by atoms with Crippen LogP contribution in [0.5, 0.6) is 23.0 Å². The fourth-order valence-electron chi connectivity index (χ4n) is 4.85. The van der Waals surface area contributed by atoms with Gasteiger partial charge >= 0.3 is 0 Å². The van der Waals surface area contributed by atoms with Crippen LogP contribution in [0.4, 0.5) is 0 Å². The molecule has 0 aromatic heterocycles. The fraction of sp³-hybridized carbons (Fsp3) is 0.212. The quantitative estimate of drug-likeness (QED) is 0.108. The lowest BCUT2D eigenvalue weighted by Crippen LogP contribution is -2.02. The summed E-state index contributed by atoms with van der Waals surface area (Å²) in [4.78, 5) is 0. The summed E-state index contributed by atoms with van der Waals surface area (Å²) >= 11 is 4.56. The molecule has 5 aromatic rings. The number of hydrogen-bond donors (Lipinski definition) is 1. The van der Waals surface area contributed by atoms with Crippen LogP contribution in [0.25, 0.3) is 32.7 Å². The Bertz CT molecular complexity index is 1600. The normalized spacial score (nSPS) is 11.2. The molecule has 4 nitrogen and oxygen atoms in total. The molecule has 6 heteroatoms. The molecule has 0 radical (unpaired) electrons. The first-order chi connectivity index (χ1) is 19.1. The summed E-state index contributed by atoms with van der Waals surface area (Å²) in [6.07, 6.45) is 4.07. The van der Waals surface area contributed by atoms with Crippen LogP contribution >= 0.6 is 45.2 Å². The van der Waals surface area contributed by atoms with E-state index in [0.717, 1.165) is 82.7 Å². The molecule has 0 aliphatic heterocycles. The summed E-state index contributed by atoms with van der Waals surface area (Å²) in [7, 11) is 1.69. The zero-order chi connectivity index (χ0) is 27.2. The van der Waals surface area contributed by atoms with Crippen molar-refractivity contribution >= 4 is 66.7 Å². The highest BCUT2D eigenvalue weighted by Crippen LogP contribution is 2.45. The number of phenols is 1. The minimum atomic E-state index is 0.260. The first-order valence-electron chi connectivity index (χ1n) is 13.1. The Morgan fingerprint density at radius 2 is 1.13 bits per heavy atom. The smallest absolute Gasteiger partial charge is 0.133 e. The lowest BCUT2D eigenvalue weighted by molar-refractivity contribution is 0.287. The van der Waals surface area contributed by atoms with Crippen LogP contribution in [0.2, 0.25) is 0 Å². The Kier molecular flexibility index (Phi) is 9.34. The van der Waals surface area contributed by atoms with E-state index in [-0.39, 0.29) is 5.75 Å². The van der Waals surface area contributed by atoms with E-state index < -0.39 is 0 Å². The summed E-state index contributed by atoms with van der Waals surface area (Å²) < 4.78 is 19.9. The Labute approximate surface area is 256 Å². The monoisotopic (exact) mass is 744 g/mol. The number of halogens is 2. The molecule has 0 saturated heterocycles. The van der Waals surface area contributed by atoms with Gasteiger partial charge in [-0.25, -0.2) is 0 Å². The van der Waals surface area contributed by atoms with Crippen LogP contribution < -0.4 is 14.2 Å². The van der Waals surface area contributed by atoms with Crippen LogP contribution in [0.3, 0.4) is 0 Å². The second kappa shape index (κ2) is 13.1. The van der Waals surface area contributed by atoms with Crippen molar-refractivity contribution in [1.82, 2.24) is 0 Å². The third-order valence-electron chi connectivity index (χ3n) is 6.81. The summed E-state index contributed by atoms with van der Waals surface area (Å²) in [6.45, 7) is 1.31. The third kappa shape index (κ3) is 6.38. The molecular weight excluding hydrogens is 714 g/mol. The summed E-state index contributed by atoms with van der Waals surface area (Å²) in [5.41, 5.74) is 1.76. The highest BCUT2D eigenvalue weighted by Gasteiger charge is 2.17. The zero-order valence-corrected chi connectivity index (χ0v) is 26.1. The lowest BCUT2D eigenvalue weighted by Gasteiger charge is -2.17. The molecule has 0 atom stereocenters. The summed E-state index contributed by atoms with van der Waals surface area (Å²) in [5, 5.41) is 15.3. The molecule has 1 N–H and O–H groups in total. The summed E-state index contributed by atoms with van der Waals surface area (Å²) in [6, 6.07) is 28.3. The fourth-order valence-corrected chi connectivity index (χ4v) is 6.10. The Morgan fingerprint density at radius 3 is 1.79 bits per heavy atom. The van der Waals surface area contributed by atoms with Gasteiger partial charge in [-0.1, -0.05) is 60.7 Å². The largest absolute Gasteiger partial charge is 0.507 e. The first kappa shape index (κ1) is 27.8. The van der Waals surface area contributed by atoms with Crippen LogP contribution in [0.15, 0.2) is 84.9 Å². The number of hydrogen-bond acceptors (Lipinski definition) is 4. The van der Waals surface area contributed by atoms with Crippen molar-refractivity contribution in [2.45, 2.75) is 25.7 Å². The van der Waals surface area contributed by atoms with Crippen molar-refractivity contribution in [3.8, 4) is 34.1 Å². The second-order valence-electron chi connectivity index (χ2n) is 9.37. The average molecular weight is 744 g/mol. The van der Waals surface area contributed by atoms with Gasteiger partial charge in [0, 0.05) is 11.1 Å². The van der Waals surface area contributed by atoms with E-state index in [0.29, 0.717) is 13.2 Å². The molecule has 0 amide bonds. The molecule has 5 rings (SSSR count). The van der Waals surface area contributed by atoms with Gasteiger partial charge in [-0.15, -0.1) is 0 Å². The highest BCUT2D eigenvalue weighted by molar-refractivity contribution is 14.1. The second-order valence-corrected chi connectivity index (χ2v) is 11.7. The van der Waals surface area contributed by atoms with Gasteiger partial charge in [0.1, 0.15) is 23.0 Å². The van der Waals surface area contributed by atoms with Gasteiger partial charge in [0.05, 0.1) is 27.5 Å². The van der Waals surface area contributed by atoms with E-state index in [1.54, 1.807) is 13.2 Å². The maximum atomic E-state index is 11.0. The van der Waals surface area contributed by atoms with Crippen molar-refractivity contribution in [3.05, 3.63) is 92.1 Å². The van der Waals surface area contributed by atoms with Crippen LogP contribution in [-0.4, -0.2) is 25.4 Å². The number of phenolic OH excluding ortho intramolecular Hbond substituents is 1. The zero-order valence-electron chi connectivity index (χ0n) is 21.8. The van der Waals surface area contributed by atoms with Crippen molar-refractivity contribution in [2.75, 3.05) is 20.3 Å². The molecule has 0 unspecified atom stereocenters. The maximum absolute atomic E-state index is 11.0. The Balaban J connectivity index is 1.23. The molecule has 0 saturated carbocycles. The predicted octanol–water partition coefficient (Wildman–Crippen LogP) is 9.60. The molecule has 0 bridgehead atoms. The van der Waals surface area contributed by atoms with Crippen LogP contribution in [0.1, 0.15) is 25.7 Å². The van der Waals surface area contributed by atoms with E-state index in [1.165, 1.54) is 0 Å². The lowest BCUT2D eigenvalue weighted by atomic mass is 9.92. The number of ether oxygens (including phenoxy) is 3. The van der Waals surface area contributed by atoms with Gasteiger partial charge in [-0.05, 0) is 117 Å². The minimum Gasteiger partial charge on any atom is -0.507 e. The van der Waals surface area contributed by atoms with Crippen LogP contribution in [-0.2, 0) is 0 Å². The van der Waals surface area contributed by atoms with Gasteiger partial charge in [-0.3, -0.25) is 0 Å². The van der Waals surface area contributed by atoms with Gasteiger partial charge < -0.3 is 19.3 Å². The van der Waals surface area contributed by atoms with E-state index in [2.05, 4.69) is 75.5 Å². The van der Waals surface area contributed by atoms with E-state index >= 15 is 0 Å². The van der Waals surface area contributed by atoms with Crippen molar-refractivity contribution in [3.63, 3.8) is 0 Å². The summed E-state index contributed by atoms with van der Waals surface area (Å²) in [5.74, 6) is 2.84. The topological polar surface area (TPSA) is 47.9 Å². The third-order valence-corrected chi connectivity index (χ3v) is 8.49. The number of aromatic hydroxyl groups is 1. The van der Waals surface area contributed by atoms with Gasteiger partial charge in [0.15, 0.2) is 0 Å². The average Bonchev–Trinajstić information content (AvgIpc) is 2.96. The molecule has 200 valence electrons. The van der Waals surface area contributed by atoms with E-state index in [9.17, 15) is 5.11 Å². The Morgan fingerprint density at radius 1 is 0.590 bits per heavy atom.